The summed E-state index contributed by atoms with van der Waals surface area (Å²) in [6.07, 6.45) is 1.27. The Morgan fingerprint density at radius 3 is 2.60 bits per heavy atom. The minimum absolute atomic E-state index is 0.0903. The molecule has 1 heterocycles. The molecule has 0 radical (unpaired) electrons. The Morgan fingerprint density at radius 1 is 1.05 bits per heavy atom. The number of aryl methyl sites for hydroxylation is 1. The highest BCUT2D eigenvalue weighted by Crippen LogP contribution is 2.33. The molecule has 0 aliphatic heterocycles. The minimum Gasteiger partial charge on any atom is -0.436 e. The highest BCUT2D eigenvalue weighted by Gasteiger charge is 2.12. The Bertz CT molecular complexity index is 789. The minimum atomic E-state index is -0.562. The SMILES string of the molecule is Cc1ncnc(Oc2ccc(N)c3ccccc23)c1F. The van der Waals surface area contributed by atoms with E-state index in [1.807, 2.05) is 24.3 Å². The molecule has 2 N–H and O–H groups in total. The lowest BCUT2D eigenvalue weighted by atomic mass is 10.1. The van der Waals surface area contributed by atoms with Crippen LogP contribution in [0, 0.1) is 12.7 Å². The quantitative estimate of drug-likeness (QED) is 0.724. The van der Waals surface area contributed by atoms with Gasteiger partial charge in [0, 0.05) is 16.5 Å². The van der Waals surface area contributed by atoms with E-state index in [1.165, 1.54) is 6.33 Å². The second-order valence-electron chi connectivity index (χ2n) is 4.38. The molecule has 0 aliphatic rings. The first-order valence-electron chi connectivity index (χ1n) is 6.09. The monoisotopic (exact) mass is 269 g/mol. The van der Waals surface area contributed by atoms with Crippen LogP contribution in [0.4, 0.5) is 10.1 Å². The topological polar surface area (TPSA) is 61.0 Å². The number of benzene rings is 2. The van der Waals surface area contributed by atoms with E-state index < -0.39 is 5.82 Å². The second-order valence-corrected chi connectivity index (χ2v) is 4.38. The van der Waals surface area contributed by atoms with Crippen LogP contribution in [0.1, 0.15) is 5.69 Å². The van der Waals surface area contributed by atoms with Gasteiger partial charge in [-0.2, -0.15) is 9.37 Å². The summed E-state index contributed by atoms with van der Waals surface area (Å²) in [5, 5.41) is 1.67. The summed E-state index contributed by atoms with van der Waals surface area (Å²) >= 11 is 0. The average Bonchev–Trinajstić information content (AvgIpc) is 2.47. The van der Waals surface area contributed by atoms with Crippen LogP contribution in [0.2, 0.25) is 0 Å². The predicted octanol–water partition coefficient (Wildman–Crippen LogP) is 3.45. The summed E-state index contributed by atoms with van der Waals surface area (Å²) in [6.45, 7) is 1.56. The smallest absolute Gasteiger partial charge is 0.259 e. The molecule has 3 rings (SSSR count). The highest BCUT2D eigenvalue weighted by atomic mass is 19.1. The van der Waals surface area contributed by atoms with Gasteiger partial charge in [-0.3, -0.25) is 0 Å². The van der Waals surface area contributed by atoms with Crippen LogP contribution in [0.3, 0.4) is 0 Å². The van der Waals surface area contributed by atoms with Gasteiger partial charge in [0.05, 0.1) is 5.69 Å². The van der Waals surface area contributed by atoms with E-state index in [9.17, 15) is 4.39 Å². The fourth-order valence-electron chi connectivity index (χ4n) is 2.00. The number of nitrogens with zero attached hydrogens (tertiary/aromatic N) is 2. The van der Waals surface area contributed by atoms with Gasteiger partial charge in [0.2, 0.25) is 5.82 Å². The van der Waals surface area contributed by atoms with Crippen LogP contribution < -0.4 is 10.5 Å². The average molecular weight is 269 g/mol. The van der Waals surface area contributed by atoms with Crippen molar-refractivity contribution in [1.82, 2.24) is 9.97 Å². The highest BCUT2D eigenvalue weighted by molar-refractivity contribution is 5.97. The Hall–Kier alpha value is -2.69. The standard InChI is InChI=1S/C15H12FN3O/c1-9-14(16)15(19-8-18-9)20-13-7-6-12(17)10-4-2-3-5-11(10)13/h2-8H,17H2,1H3. The molecule has 2 aromatic carbocycles. The summed E-state index contributed by atoms with van der Waals surface area (Å²) in [7, 11) is 0. The Balaban J connectivity index is 2.12. The molecule has 0 amide bonds. The third-order valence-corrected chi connectivity index (χ3v) is 3.06. The molecule has 3 aromatic rings. The molecule has 0 unspecified atom stereocenters. The van der Waals surface area contributed by atoms with Gasteiger partial charge in [0.15, 0.2) is 0 Å². The molecule has 1 aromatic heterocycles. The third kappa shape index (κ3) is 2.03. The van der Waals surface area contributed by atoms with Gasteiger partial charge in [0.25, 0.3) is 5.88 Å². The maximum Gasteiger partial charge on any atom is 0.259 e. The molecule has 0 spiro atoms. The van der Waals surface area contributed by atoms with Gasteiger partial charge in [0.1, 0.15) is 12.1 Å². The zero-order chi connectivity index (χ0) is 14.1. The zero-order valence-corrected chi connectivity index (χ0v) is 10.8. The number of ether oxygens (including phenoxy) is 1. The number of halogens is 1. The lowest BCUT2D eigenvalue weighted by molar-refractivity contribution is 0.420. The van der Waals surface area contributed by atoms with Gasteiger partial charge in [-0.15, -0.1) is 0 Å². The van der Waals surface area contributed by atoms with Crippen LogP contribution in [0.25, 0.3) is 10.8 Å². The lowest BCUT2D eigenvalue weighted by Gasteiger charge is -2.10. The van der Waals surface area contributed by atoms with Gasteiger partial charge in [-0.1, -0.05) is 24.3 Å². The van der Waals surface area contributed by atoms with Crippen molar-refractivity contribution in [2.45, 2.75) is 6.92 Å². The normalized spacial score (nSPS) is 10.7. The van der Waals surface area contributed by atoms with E-state index in [0.29, 0.717) is 11.4 Å². The number of nitrogens with two attached hydrogens (primary N) is 1. The first-order valence-corrected chi connectivity index (χ1v) is 6.09. The van der Waals surface area contributed by atoms with E-state index in [-0.39, 0.29) is 11.6 Å². The van der Waals surface area contributed by atoms with E-state index in [4.69, 9.17) is 10.5 Å². The maximum atomic E-state index is 13.9. The summed E-state index contributed by atoms with van der Waals surface area (Å²) in [5.74, 6) is -0.146. The number of hydrogen-bond donors (Lipinski definition) is 1. The molecule has 20 heavy (non-hydrogen) atoms. The van der Waals surface area contributed by atoms with Gasteiger partial charge >= 0.3 is 0 Å². The molecule has 0 saturated heterocycles. The molecule has 5 heteroatoms. The lowest BCUT2D eigenvalue weighted by Crippen LogP contribution is -1.97. The van der Waals surface area contributed by atoms with Crippen molar-refractivity contribution in [2.24, 2.45) is 0 Å². The number of hydrogen-bond acceptors (Lipinski definition) is 4. The van der Waals surface area contributed by atoms with E-state index in [2.05, 4.69) is 9.97 Å². The van der Waals surface area contributed by atoms with Crippen LogP contribution in [0.5, 0.6) is 11.6 Å². The molecular formula is C15H12FN3O. The van der Waals surface area contributed by atoms with Crippen molar-refractivity contribution in [3.8, 4) is 11.6 Å². The second kappa shape index (κ2) is 4.77. The molecule has 100 valence electrons. The Kier molecular flexibility index (Phi) is 2.95. The Morgan fingerprint density at radius 2 is 1.80 bits per heavy atom. The number of aromatic nitrogens is 2. The summed E-state index contributed by atoms with van der Waals surface area (Å²) in [5.41, 5.74) is 6.81. The van der Waals surface area contributed by atoms with Crippen molar-refractivity contribution in [3.05, 3.63) is 54.2 Å². The number of rotatable bonds is 2. The first-order chi connectivity index (χ1) is 9.66. The summed E-state index contributed by atoms with van der Waals surface area (Å²) < 4.78 is 19.5. The van der Waals surface area contributed by atoms with Crippen molar-refractivity contribution in [2.75, 3.05) is 5.73 Å². The molecular weight excluding hydrogens is 257 g/mol. The van der Waals surface area contributed by atoms with Crippen molar-refractivity contribution < 1.29 is 9.13 Å². The van der Waals surface area contributed by atoms with Crippen LogP contribution in [-0.4, -0.2) is 9.97 Å². The molecule has 0 fully saturated rings. The maximum absolute atomic E-state index is 13.9. The molecule has 0 saturated carbocycles. The third-order valence-electron chi connectivity index (χ3n) is 3.06. The van der Waals surface area contributed by atoms with Crippen molar-refractivity contribution >= 4 is 16.5 Å². The van der Waals surface area contributed by atoms with Crippen LogP contribution >= 0.6 is 0 Å². The Labute approximate surface area is 115 Å². The zero-order valence-electron chi connectivity index (χ0n) is 10.8. The largest absolute Gasteiger partial charge is 0.436 e. The van der Waals surface area contributed by atoms with Gasteiger partial charge in [-0.05, 0) is 19.1 Å². The van der Waals surface area contributed by atoms with Crippen molar-refractivity contribution in [1.29, 1.82) is 0 Å². The number of anilines is 1. The van der Waals surface area contributed by atoms with E-state index >= 15 is 0 Å². The van der Waals surface area contributed by atoms with Crippen LogP contribution in [0.15, 0.2) is 42.7 Å². The van der Waals surface area contributed by atoms with Crippen LogP contribution in [-0.2, 0) is 0 Å². The molecule has 0 atom stereocenters. The summed E-state index contributed by atoms with van der Waals surface area (Å²) in [6, 6.07) is 10.9. The number of fused-ring (bicyclic) bond motifs is 1. The van der Waals surface area contributed by atoms with Crippen molar-refractivity contribution in [3.63, 3.8) is 0 Å². The van der Waals surface area contributed by atoms with Gasteiger partial charge < -0.3 is 10.5 Å². The first kappa shape index (κ1) is 12.3. The molecule has 4 nitrogen and oxygen atoms in total. The van der Waals surface area contributed by atoms with E-state index in [1.54, 1.807) is 19.1 Å². The fraction of sp³-hybridized carbons (Fsp3) is 0.0667. The molecule has 0 aliphatic carbocycles. The van der Waals surface area contributed by atoms with E-state index in [0.717, 1.165) is 10.8 Å². The number of nitrogen functional groups attached to an aromatic ring is 1. The molecule has 0 bridgehead atoms. The van der Waals surface area contributed by atoms with Gasteiger partial charge in [-0.25, -0.2) is 4.98 Å². The predicted molar refractivity (Wildman–Crippen MR) is 75.2 cm³/mol. The summed E-state index contributed by atoms with van der Waals surface area (Å²) in [4.78, 5) is 7.60. The fourth-order valence-corrected chi connectivity index (χ4v) is 2.00.